The first-order valence-corrected chi connectivity index (χ1v) is 7.21. The summed E-state index contributed by atoms with van der Waals surface area (Å²) in [5.74, 6) is 0. The molecule has 7 heteroatoms. The molecular formula is C15H18N4O3. The molecule has 2 N–H and O–H groups in total. The largest absolute Gasteiger partial charge is 0.379 e. The highest BCUT2D eigenvalue weighted by Crippen LogP contribution is 2.32. The normalized spacial score (nSPS) is 14.8. The first kappa shape index (κ1) is 14.4. The fourth-order valence-electron chi connectivity index (χ4n) is 2.62. The Hall–Kier alpha value is -2.54. The summed E-state index contributed by atoms with van der Waals surface area (Å²) in [6, 6.07) is 7.36. The van der Waals surface area contributed by atoms with Crippen LogP contribution in [0.25, 0.3) is 0 Å². The zero-order valence-electron chi connectivity index (χ0n) is 12.1. The first-order valence-electron chi connectivity index (χ1n) is 7.21. The maximum Gasteiger partial charge on any atom is 0.297 e. The van der Waals surface area contributed by atoms with Gasteiger partial charge in [0.05, 0.1) is 29.4 Å². The molecule has 1 aliphatic heterocycles. The van der Waals surface area contributed by atoms with Gasteiger partial charge in [-0.1, -0.05) is 12.1 Å². The molecule has 0 amide bonds. The molecule has 0 atom stereocenters. The van der Waals surface area contributed by atoms with E-state index in [1.807, 2.05) is 29.3 Å². The number of rotatable bonds is 5. The number of para-hydroxylation sites is 1. The van der Waals surface area contributed by atoms with Crippen LogP contribution in [-0.4, -0.2) is 36.2 Å². The smallest absolute Gasteiger partial charge is 0.297 e. The van der Waals surface area contributed by atoms with E-state index >= 15 is 0 Å². The molecule has 1 aromatic heterocycles. The molecule has 3 rings (SSSR count). The second-order valence-electron chi connectivity index (χ2n) is 5.09. The Labute approximate surface area is 128 Å². The fourth-order valence-corrected chi connectivity index (χ4v) is 2.62. The maximum atomic E-state index is 11.6. The minimum absolute atomic E-state index is 0.174. The molecule has 0 aliphatic carbocycles. The summed E-state index contributed by atoms with van der Waals surface area (Å²) in [4.78, 5) is 16.2. The van der Waals surface area contributed by atoms with E-state index in [-0.39, 0.29) is 10.6 Å². The van der Waals surface area contributed by atoms with E-state index in [1.165, 1.54) is 0 Å². The standard InChI is InChI=1S/C15H18N4O3/c20-19(21)15-12(10-17-13-4-5-16-11-13)2-1-3-14(15)18-6-8-22-9-7-18/h1-5,11,16-17H,6-10H2. The number of hydrogen-bond donors (Lipinski definition) is 2. The molecular weight excluding hydrogens is 284 g/mol. The number of ether oxygens (including phenoxy) is 1. The SMILES string of the molecule is O=[N+]([O-])c1c(CNc2cc[nH]c2)cccc1N1CCOCC1. The van der Waals surface area contributed by atoms with Gasteiger partial charge in [-0.05, 0) is 12.1 Å². The molecule has 116 valence electrons. The van der Waals surface area contributed by atoms with Crippen LogP contribution in [0.4, 0.5) is 17.1 Å². The zero-order chi connectivity index (χ0) is 15.4. The Kier molecular flexibility index (Phi) is 4.24. The molecule has 1 aliphatic rings. The number of aromatic amines is 1. The summed E-state index contributed by atoms with van der Waals surface area (Å²) in [6.45, 7) is 2.96. The number of benzene rings is 1. The quantitative estimate of drug-likeness (QED) is 0.654. The number of nitrogens with one attached hydrogen (secondary N) is 2. The van der Waals surface area contributed by atoms with Crippen LogP contribution in [0.1, 0.15) is 5.56 Å². The van der Waals surface area contributed by atoms with Crippen LogP contribution in [-0.2, 0) is 11.3 Å². The third-order valence-electron chi connectivity index (χ3n) is 3.71. The third kappa shape index (κ3) is 3.04. The van der Waals surface area contributed by atoms with Crippen molar-refractivity contribution >= 4 is 17.1 Å². The van der Waals surface area contributed by atoms with Crippen LogP contribution in [0.3, 0.4) is 0 Å². The van der Waals surface area contributed by atoms with Crippen molar-refractivity contribution in [2.24, 2.45) is 0 Å². The Morgan fingerprint density at radius 3 is 2.82 bits per heavy atom. The van der Waals surface area contributed by atoms with E-state index in [0.717, 1.165) is 5.69 Å². The van der Waals surface area contributed by atoms with Gasteiger partial charge in [-0.3, -0.25) is 10.1 Å². The topological polar surface area (TPSA) is 83.4 Å². The number of nitro groups is 1. The van der Waals surface area contributed by atoms with Crippen LogP contribution in [0, 0.1) is 10.1 Å². The van der Waals surface area contributed by atoms with Crippen molar-refractivity contribution in [3.05, 3.63) is 52.3 Å². The molecule has 1 fully saturated rings. The second kappa shape index (κ2) is 6.48. The van der Waals surface area contributed by atoms with Crippen molar-refractivity contribution < 1.29 is 9.66 Å². The molecule has 2 aromatic rings. The molecule has 22 heavy (non-hydrogen) atoms. The molecule has 2 heterocycles. The van der Waals surface area contributed by atoms with Crippen LogP contribution in [0.2, 0.25) is 0 Å². The van der Waals surface area contributed by atoms with Crippen LogP contribution in [0.15, 0.2) is 36.7 Å². The lowest BCUT2D eigenvalue weighted by atomic mass is 10.1. The van der Waals surface area contributed by atoms with E-state index in [1.54, 1.807) is 12.3 Å². The van der Waals surface area contributed by atoms with Gasteiger partial charge in [-0.15, -0.1) is 0 Å². The lowest BCUT2D eigenvalue weighted by molar-refractivity contribution is -0.384. The van der Waals surface area contributed by atoms with Gasteiger partial charge in [0, 0.05) is 32.0 Å². The zero-order valence-corrected chi connectivity index (χ0v) is 12.1. The van der Waals surface area contributed by atoms with Crippen LogP contribution in [0.5, 0.6) is 0 Å². The summed E-state index contributed by atoms with van der Waals surface area (Å²) in [5, 5.41) is 14.7. The number of nitrogens with zero attached hydrogens (tertiary/aromatic N) is 2. The molecule has 0 radical (unpaired) electrons. The molecule has 1 saturated heterocycles. The summed E-state index contributed by atoms with van der Waals surface area (Å²) >= 11 is 0. The maximum absolute atomic E-state index is 11.6. The summed E-state index contributed by atoms with van der Waals surface area (Å²) < 4.78 is 5.32. The van der Waals surface area contributed by atoms with Gasteiger partial charge in [-0.2, -0.15) is 0 Å². The van der Waals surface area contributed by atoms with Crippen molar-refractivity contribution in [3.8, 4) is 0 Å². The number of H-pyrrole nitrogens is 1. The Morgan fingerprint density at radius 1 is 1.32 bits per heavy atom. The summed E-state index contributed by atoms with van der Waals surface area (Å²) in [7, 11) is 0. The number of aromatic nitrogens is 1. The van der Waals surface area contributed by atoms with Gasteiger partial charge >= 0.3 is 0 Å². The highest BCUT2D eigenvalue weighted by Gasteiger charge is 2.24. The first-order chi connectivity index (χ1) is 10.8. The lowest BCUT2D eigenvalue weighted by Crippen LogP contribution is -2.36. The van der Waals surface area contributed by atoms with E-state index in [0.29, 0.717) is 44.1 Å². The van der Waals surface area contributed by atoms with Gasteiger partial charge in [0.2, 0.25) is 0 Å². The number of morpholine rings is 1. The van der Waals surface area contributed by atoms with Crippen molar-refractivity contribution in [1.29, 1.82) is 0 Å². The molecule has 0 spiro atoms. The third-order valence-corrected chi connectivity index (χ3v) is 3.71. The molecule has 0 bridgehead atoms. The summed E-state index contributed by atoms with van der Waals surface area (Å²) in [6.07, 6.45) is 3.62. The number of nitro benzene ring substituents is 1. The summed E-state index contributed by atoms with van der Waals surface area (Å²) in [5.41, 5.74) is 2.43. The Morgan fingerprint density at radius 2 is 2.14 bits per heavy atom. The average molecular weight is 302 g/mol. The van der Waals surface area contributed by atoms with E-state index in [2.05, 4.69) is 10.3 Å². The van der Waals surface area contributed by atoms with Crippen molar-refractivity contribution in [2.75, 3.05) is 36.5 Å². The Balaban J connectivity index is 1.86. The van der Waals surface area contributed by atoms with E-state index < -0.39 is 0 Å². The average Bonchev–Trinajstić information content (AvgIpc) is 3.06. The number of hydrogen-bond acceptors (Lipinski definition) is 5. The minimum Gasteiger partial charge on any atom is -0.379 e. The van der Waals surface area contributed by atoms with Crippen LogP contribution >= 0.6 is 0 Å². The van der Waals surface area contributed by atoms with Gasteiger partial charge < -0.3 is 19.9 Å². The predicted molar refractivity (Wildman–Crippen MR) is 84.2 cm³/mol. The van der Waals surface area contributed by atoms with Gasteiger partial charge in [0.25, 0.3) is 5.69 Å². The van der Waals surface area contributed by atoms with E-state index in [4.69, 9.17) is 4.74 Å². The van der Waals surface area contributed by atoms with Crippen molar-refractivity contribution in [1.82, 2.24) is 4.98 Å². The van der Waals surface area contributed by atoms with Gasteiger partial charge in [-0.25, -0.2) is 0 Å². The second-order valence-corrected chi connectivity index (χ2v) is 5.09. The van der Waals surface area contributed by atoms with Crippen molar-refractivity contribution in [2.45, 2.75) is 6.54 Å². The molecule has 0 saturated carbocycles. The highest BCUT2D eigenvalue weighted by atomic mass is 16.6. The fraction of sp³-hybridized carbons (Fsp3) is 0.333. The monoisotopic (exact) mass is 302 g/mol. The van der Waals surface area contributed by atoms with Crippen molar-refractivity contribution in [3.63, 3.8) is 0 Å². The Bertz CT molecular complexity index is 636. The number of anilines is 2. The molecule has 7 nitrogen and oxygen atoms in total. The minimum atomic E-state index is -0.293. The lowest BCUT2D eigenvalue weighted by Gasteiger charge is -2.28. The predicted octanol–water partition coefficient (Wildman–Crippen LogP) is 2.37. The highest BCUT2D eigenvalue weighted by molar-refractivity contribution is 5.67. The van der Waals surface area contributed by atoms with E-state index in [9.17, 15) is 10.1 Å². The van der Waals surface area contributed by atoms with Gasteiger partial charge in [0.15, 0.2) is 0 Å². The molecule has 0 unspecified atom stereocenters. The van der Waals surface area contributed by atoms with Gasteiger partial charge in [0.1, 0.15) is 5.69 Å². The molecule has 1 aromatic carbocycles. The van der Waals surface area contributed by atoms with Crippen LogP contribution < -0.4 is 10.2 Å².